The maximum atomic E-state index is 14.0. The molecule has 2 fully saturated rings. The number of nitrogens with zero attached hydrogens (tertiary/aromatic N) is 5. The lowest BCUT2D eigenvalue weighted by Gasteiger charge is -2.36. The molecule has 0 radical (unpaired) electrons. The number of benzene rings is 1. The molecule has 2 aromatic rings. The lowest BCUT2D eigenvalue weighted by Crippen LogP contribution is -2.47. The molecule has 0 aliphatic carbocycles. The highest BCUT2D eigenvalue weighted by Gasteiger charge is 2.22. The number of rotatable bonds is 5. The Morgan fingerprint density at radius 2 is 1.72 bits per heavy atom. The first-order valence-corrected chi connectivity index (χ1v) is 11.2. The van der Waals surface area contributed by atoms with E-state index in [2.05, 4.69) is 14.9 Å². The van der Waals surface area contributed by atoms with Gasteiger partial charge in [-0.15, -0.1) is 0 Å². The topological polar surface area (TPSA) is 52.6 Å². The maximum Gasteiger partial charge on any atom is 0.233 e. The molecular formula is C20H23ClFN5OS. The second-order valence-corrected chi connectivity index (χ2v) is 8.46. The number of anilines is 2. The van der Waals surface area contributed by atoms with Crippen LogP contribution in [0.5, 0.6) is 0 Å². The van der Waals surface area contributed by atoms with Gasteiger partial charge in [-0.05, 0) is 25.0 Å². The minimum absolute atomic E-state index is 0.121. The van der Waals surface area contributed by atoms with Crippen molar-refractivity contribution in [3.63, 3.8) is 0 Å². The number of carbonyl (C=O) groups is 1. The van der Waals surface area contributed by atoms with Crippen LogP contribution < -0.4 is 9.80 Å². The zero-order valence-electron chi connectivity index (χ0n) is 16.1. The van der Waals surface area contributed by atoms with Gasteiger partial charge in [0.2, 0.25) is 5.91 Å². The van der Waals surface area contributed by atoms with Gasteiger partial charge in [0.25, 0.3) is 0 Å². The van der Waals surface area contributed by atoms with E-state index in [1.165, 1.54) is 17.8 Å². The van der Waals surface area contributed by atoms with Gasteiger partial charge in [-0.25, -0.2) is 14.4 Å². The Hall–Kier alpha value is -2.06. The van der Waals surface area contributed by atoms with Crippen LogP contribution in [-0.2, 0) is 4.79 Å². The molecule has 3 heterocycles. The van der Waals surface area contributed by atoms with E-state index in [-0.39, 0.29) is 11.7 Å². The van der Waals surface area contributed by atoms with E-state index in [0.29, 0.717) is 47.9 Å². The van der Waals surface area contributed by atoms with Crippen molar-refractivity contribution in [2.75, 3.05) is 54.8 Å². The Labute approximate surface area is 179 Å². The second kappa shape index (κ2) is 9.17. The second-order valence-electron chi connectivity index (χ2n) is 7.13. The fourth-order valence-corrected chi connectivity index (χ4v) is 4.66. The number of para-hydroxylation sites is 1. The van der Waals surface area contributed by atoms with Crippen molar-refractivity contribution < 1.29 is 9.18 Å². The van der Waals surface area contributed by atoms with E-state index in [1.54, 1.807) is 18.2 Å². The molecule has 1 aromatic carbocycles. The fourth-order valence-electron chi connectivity index (χ4n) is 3.68. The highest BCUT2D eigenvalue weighted by molar-refractivity contribution is 7.99. The van der Waals surface area contributed by atoms with Crippen LogP contribution in [0, 0.1) is 5.82 Å². The lowest BCUT2D eigenvalue weighted by molar-refractivity contribution is -0.127. The third-order valence-electron chi connectivity index (χ3n) is 5.24. The molecule has 0 N–H and O–H groups in total. The SMILES string of the molecule is O=C(CSc1nc(Cl)cc(N2CCN(c3ccccc3F)CC2)n1)N1CCCC1. The third kappa shape index (κ3) is 4.93. The average Bonchev–Trinajstić information content (AvgIpc) is 3.27. The van der Waals surface area contributed by atoms with Crippen LogP contribution in [0.4, 0.5) is 15.9 Å². The Balaban J connectivity index is 1.38. The summed E-state index contributed by atoms with van der Waals surface area (Å²) in [6.07, 6.45) is 2.15. The van der Waals surface area contributed by atoms with Gasteiger partial charge in [-0.3, -0.25) is 4.79 Å². The Kier molecular flexibility index (Phi) is 6.40. The highest BCUT2D eigenvalue weighted by Crippen LogP contribution is 2.25. The quantitative estimate of drug-likeness (QED) is 0.408. The summed E-state index contributed by atoms with van der Waals surface area (Å²) in [5, 5.41) is 0.874. The molecule has 6 nitrogen and oxygen atoms in total. The normalized spacial score (nSPS) is 17.1. The molecule has 29 heavy (non-hydrogen) atoms. The van der Waals surface area contributed by atoms with E-state index in [4.69, 9.17) is 11.6 Å². The number of thioether (sulfide) groups is 1. The van der Waals surface area contributed by atoms with Crippen LogP contribution in [0.2, 0.25) is 5.15 Å². The molecule has 2 aliphatic rings. The molecule has 0 saturated carbocycles. The van der Waals surface area contributed by atoms with Gasteiger partial charge < -0.3 is 14.7 Å². The number of carbonyl (C=O) groups excluding carboxylic acids is 1. The third-order valence-corrected chi connectivity index (χ3v) is 6.27. The summed E-state index contributed by atoms with van der Waals surface area (Å²) in [4.78, 5) is 27.2. The first-order valence-electron chi connectivity index (χ1n) is 9.80. The number of likely N-dealkylation sites (tertiary alicyclic amines) is 1. The number of amides is 1. The first kappa shape index (κ1) is 20.2. The zero-order chi connectivity index (χ0) is 20.2. The Morgan fingerprint density at radius 3 is 2.45 bits per heavy atom. The molecule has 154 valence electrons. The molecule has 9 heteroatoms. The molecule has 1 amide bonds. The lowest BCUT2D eigenvalue weighted by atomic mass is 10.2. The summed E-state index contributed by atoms with van der Waals surface area (Å²) in [6, 6.07) is 8.58. The predicted octanol–water partition coefficient (Wildman–Crippen LogP) is 3.31. The summed E-state index contributed by atoms with van der Waals surface area (Å²) in [5.74, 6) is 0.985. The van der Waals surface area contributed by atoms with Gasteiger partial charge in [0.05, 0.1) is 11.4 Å². The monoisotopic (exact) mass is 435 g/mol. The summed E-state index contributed by atoms with van der Waals surface area (Å²) in [7, 11) is 0. The minimum Gasteiger partial charge on any atom is -0.366 e. The van der Waals surface area contributed by atoms with Crippen molar-refractivity contribution in [3.8, 4) is 0 Å². The summed E-state index contributed by atoms with van der Waals surface area (Å²) in [5.41, 5.74) is 0.629. The van der Waals surface area contributed by atoms with Crippen LogP contribution in [-0.4, -0.2) is 65.8 Å². The van der Waals surface area contributed by atoms with E-state index in [1.807, 2.05) is 15.9 Å². The van der Waals surface area contributed by atoms with Crippen LogP contribution in [0.15, 0.2) is 35.5 Å². The smallest absolute Gasteiger partial charge is 0.233 e. The van der Waals surface area contributed by atoms with Crippen molar-refractivity contribution in [2.45, 2.75) is 18.0 Å². The van der Waals surface area contributed by atoms with E-state index in [9.17, 15) is 9.18 Å². The average molecular weight is 436 g/mol. The molecule has 1 aromatic heterocycles. The van der Waals surface area contributed by atoms with Gasteiger partial charge in [-0.1, -0.05) is 35.5 Å². The number of aromatic nitrogens is 2. The standard InChI is InChI=1S/C20H23ClFN5OS/c21-17-13-18(24-20(23-17)29-14-19(28)27-7-3-4-8-27)26-11-9-25(10-12-26)16-6-2-1-5-15(16)22/h1-2,5-6,13H,3-4,7-12,14H2. The van der Waals surface area contributed by atoms with Crippen LogP contribution in [0.1, 0.15) is 12.8 Å². The largest absolute Gasteiger partial charge is 0.366 e. The van der Waals surface area contributed by atoms with E-state index < -0.39 is 0 Å². The molecule has 2 aliphatic heterocycles. The Morgan fingerprint density at radius 1 is 1.03 bits per heavy atom. The van der Waals surface area contributed by atoms with Crippen molar-refractivity contribution in [3.05, 3.63) is 41.3 Å². The zero-order valence-corrected chi connectivity index (χ0v) is 17.6. The maximum absolute atomic E-state index is 14.0. The molecule has 0 atom stereocenters. The number of piperazine rings is 1. The van der Waals surface area contributed by atoms with Crippen LogP contribution >= 0.6 is 23.4 Å². The van der Waals surface area contributed by atoms with Gasteiger partial charge in [0.15, 0.2) is 5.16 Å². The van der Waals surface area contributed by atoms with Crippen LogP contribution in [0.25, 0.3) is 0 Å². The molecule has 0 spiro atoms. The highest BCUT2D eigenvalue weighted by atomic mass is 35.5. The van der Waals surface area contributed by atoms with Crippen molar-refractivity contribution in [1.29, 1.82) is 0 Å². The molecule has 2 saturated heterocycles. The van der Waals surface area contributed by atoms with Crippen molar-refractivity contribution in [2.24, 2.45) is 0 Å². The Bertz CT molecular complexity index is 872. The number of hydrogen-bond donors (Lipinski definition) is 0. The van der Waals surface area contributed by atoms with Crippen molar-refractivity contribution >= 4 is 40.8 Å². The van der Waals surface area contributed by atoms with Crippen LogP contribution in [0.3, 0.4) is 0 Å². The van der Waals surface area contributed by atoms with Gasteiger partial charge in [0, 0.05) is 45.3 Å². The molecule has 4 rings (SSSR count). The van der Waals surface area contributed by atoms with E-state index in [0.717, 1.165) is 31.7 Å². The number of halogens is 2. The minimum atomic E-state index is -0.201. The summed E-state index contributed by atoms with van der Waals surface area (Å²) < 4.78 is 14.0. The fraction of sp³-hybridized carbons (Fsp3) is 0.450. The molecular weight excluding hydrogens is 413 g/mol. The number of hydrogen-bond acceptors (Lipinski definition) is 6. The summed E-state index contributed by atoms with van der Waals surface area (Å²) >= 11 is 7.53. The van der Waals surface area contributed by atoms with Gasteiger partial charge >= 0.3 is 0 Å². The predicted molar refractivity (Wildman–Crippen MR) is 114 cm³/mol. The summed E-state index contributed by atoms with van der Waals surface area (Å²) in [6.45, 7) is 4.48. The molecule has 0 bridgehead atoms. The van der Waals surface area contributed by atoms with E-state index >= 15 is 0 Å². The first-order chi connectivity index (χ1) is 14.1. The molecule has 0 unspecified atom stereocenters. The van der Waals surface area contributed by atoms with Gasteiger partial charge in [0.1, 0.15) is 16.8 Å². The van der Waals surface area contributed by atoms with Crippen molar-refractivity contribution in [1.82, 2.24) is 14.9 Å². The van der Waals surface area contributed by atoms with Gasteiger partial charge in [-0.2, -0.15) is 0 Å².